The van der Waals surface area contributed by atoms with Crippen LogP contribution in [0.25, 0.3) is 0 Å². The quantitative estimate of drug-likeness (QED) is 0.671. The fourth-order valence-corrected chi connectivity index (χ4v) is 3.42. The Morgan fingerprint density at radius 1 is 1.20 bits per heavy atom. The highest BCUT2D eigenvalue weighted by Gasteiger charge is 2.36. The van der Waals surface area contributed by atoms with E-state index in [1.54, 1.807) is 19.1 Å². The zero-order valence-electron chi connectivity index (χ0n) is 15.9. The molecule has 5 nitrogen and oxygen atoms in total. The summed E-state index contributed by atoms with van der Waals surface area (Å²) >= 11 is 11.9. The third kappa shape index (κ3) is 4.74. The van der Waals surface area contributed by atoms with Crippen molar-refractivity contribution in [2.45, 2.75) is 25.8 Å². The van der Waals surface area contributed by atoms with Crippen LogP contribution < -0.4 is 10.2 Å². The average molecular weight is 455 g/mol. The molecular weight excluding hydrogens is 437 g/mol. The van der Waals surface area contributed by atoms with E-state index in [9.17, 15) is 23.5 Å². The summed E-state index contributed by atoms with van der Waals surface area (Å²) in [6.45, 7) is 1.46. The van der Waals surface area contributed by atoms with Crippen LogP contribution in [0.1, 0.15) is 18.9 Å². The van der Waals surface area contributed by atoms with Crippen molar-refractivity contribution in [2.75, 3.05) is 11.4 Å². The molecule has 2 N–H and O–H groups in total. The predicted molar refractivity (Wildman–Crippen MR) is 111 cm³/mol. The number of hydrogen-bond acceptors (Lipinski definition) is 3. The highest BCUT2D eigenvalue weighted by Crippen LogP contribution is 2.28. The van der Waals surface area contributed by atoms with E-state index in [0.717, 1.165) is 22.6 Å². The Morgan fingerprint density at radius 3 is 2.60 bits per heavy atom. The first kappa shape index (κ1) is 22.1. The van der Waals surface area contributed by atoms with Crippen molar-refractivity contribution < 1.29 is 23.5 Å². The third-order valence-corrected chi connectivity index (χ3v) is 5.49. The summed E-state index contributed by atoms with van der Waals surface area (Å²) < 4.78 is 27.1. The molecule has 30 heavy (non-hydrogen) atoms. The maximum absolute atomic E-state index is 14.0. The number of aliphatic hydroxyl groups is 1. The van der Waals surface area contributed by atoms with Crippen LogP contribution >= 0.6 is 23.2 Å². The molecule has 1 aliphatic rings. The molecule has 0 aromatic heterocycles. The molecule has 9 heteroatoms. The Hall–Kier alpha value is -2.64. The van der Waals surface area contributed by atoms with Crippen molar-refractivity contribution in [3.05, 3.63) is 75.0 Å². The number of nitrogens with one attached hydrogen (secondary N) is 1. The number of hydrogen-bond donors (Lipinski definition) is 2. The van der Waals surface area contributed by atoms with Gasteiger partial charge in [0.15, 0.2) is 5.76 Å². The lowest BCUT2D eigenvalue weighted by Gasteiger charge is -2.18. The van der Waals surface area contributed by atoms with Crippen LogP contribution in [0.5, 0.6) is 0 Å². The van der Waals surface area contributed by atoms with E-state index in [0.29, 0.717) is 29.0 Å². The highest BCUT2D eigenvalue weighted by molar-refractivity contribution is 6.42. The zero-order valence-corrected chi connectivity index (χ0v) is 17.4. The SMILES string of the molecule is C[C@H](CCc1ccc(Cl)c(Cl)c1)NC(=O)C1=C(O)C(=O)N(c2ccc(F)cc2F)C1. The summed E-state index contributed by atoms with van der Waals surface area (Å²) in [7, 11) is 0. The number of carbonyl (C=O) groups excluding carboxylic acids is 2. The topological polar surface area (TPSA) is 69.6 Å². The molecule has 2 aromatic rings. The lowest BCUT2D eigenvalue weighted by Crippen LogP contribution is -2.36. The second-order valence-corrected chi connectivity index (χ2v) is 7.79. The van der Waals surface area contributed by atoms with Crippen LogP contribution in [0.15, 0.2) is 47.7 Å². The normalized spacial score (nSPS) is 15.0. The van der Waals surface area contributed by atoms with Crippen LogP contribution in [0.3, 0.4) is 0 Å². The second-order valence-electron chi connectivity index (χ2n) is 6.98. The Labute approximate surface area is 181 Å². The van der Waals surface area contributed by atoms with Crippen molar-refractivity contribution in [3.63, 3.8) is 0 Å². The molecule has 0 unspecified atom stereocenters. The summed E-state index contributed by atoms with van der Waals surface area (Å²) in [5.41, 5.74) is 0.551. The number of aryl methyl sites for hydroxylation is 1. The number of aliphatic hydroxyl groups excluding tert-OH is 1. The van der Waals surface area contributed by atoms with Gasteiger partial charge >= 0.3 is 0 Å². The predicted octanol–water partition coefficient (Wildman–Crippen LogP) is 4.57. The first-order chi connectivity index (χ1) is 14.2. The third-order valence-electron chi connectivity index (χ3n) is 4.75. The van der Waals surface area contributed by atoms with Crippen LogP contribution in [0, 0.1) is 11.6 Å². The Morgan fingerprint density at radius 2 is 1.93 bits per heavy atom. The van der Waals surface area contributed by atoms with Gasteiger partial charge in [0, 0.05) is 12.1 Å². The van der Waals surface area contributed by atoms with Crippen LogP contribution in [0.2, 0.25) is 10.0 Å². The van der Waals surface area contributed by atoms with Gasteiger partial charge in [-0.2, -0.15) is 0 Å². The van der Waals surface area contributed by atoms with Gasteiger partial charge in [-0.15, -0.1) is 0 Å². The van der Waals surface area contributed by atoms with Gasteiger partial charge in [-0.1, -0.05) is 29.3 Å². The molecule has 1 atom stereocenters. The van der Waals surface area contributed by atoms with Crippen molar-refractivity contribution in [1.29, 1.82) is 0 Å². The summed E-state index contributed by atoms with van der Waals surface area (Å²) in [6, 6.07) is 7.70. The van der Waals surface area contributed by atoms with E-state index in [1.807, 2.05) is 6.07 Å². The lowest BCUT2D eigenvalue weighted by atomic mass is 10.1. The minimum absolute atomic E-state index is 0.176. The van der Waals surface area contributed by atoms with Crippen molar-refractivity contribution in [1.82, 2.24) is 5.32 Å². The first-order valence-corrected chi connectivity index (χ1v) is 9.86. The molecule has 2 aromatic carbocycles. The molecule has 0 fully saturated rings. The maximum atomic E-state index is 14.0. The van der Waals surface area contributed by atoms with E-state index in [2.05, 4.69) is 5.32 Å². The van der Waals surface area contributed by atoms with Gasteiger partial charge in [0.1, 0.15) is 11.6 Å². The van der Waals surface area contributed by atoms with Gasteiger partial charge in [0.25, 0.3) is 11.8 Å². The second kappa shape index (κ2) is 9.02. The molecule has 0 radical (unpaired) electrons. The molecule has 0 saturated carbocycles. The molecule has 1 heterocycles. The minimum Gasteiger partial charge on any atom is -0.503 e. The van der Waals surface area contributed by atoms with E-state index < -0.39 is 29.2 Å². The van der Waals surface area contributed by atoms with Gasteiger partial charge < -0.3 is 10.4 Å². The standard InChI is InChI=1S/C21H18Cl2F2N2O3/c1-11(2-3-12-4-6-15(22)16(23)8-12)26-20(29)14-10-27(21(30)19(14)28)18-7-5-13(24)9-17(18)25/h4-9,11,28H,2-3,10H2,1H3,(H,26,29)/t11-/m1/s1. The van der Waals surface area contributed by atoms with Gasteiger partial charge in [0.05, 0.1) is 27.9 Å². The molecular formula is C21H18Cl2F2N2O3. The number of anilines is 1. The lowest BCUT2D eigenvalue weighted by molar-refractivity contribution is -0.119. The Balaban J connectivity index is 1.63. The zero-order chi connectivity index (χ0) is 22.0. The molecule has 0 aliphatic carbocycles. The summed E-state index contributed by atoms with van der Waals surface area (Å²) in [6.07, 6.45) is 1.19. The fraction of sp³-hybridized carbons (Fsp3) is 0.238. The van der Waals surface area contributed by atoms with E-state index in [4.69, 9.17) is 23.2 Å². The molecule has 1 aliphatic heterocycles. The summed E-state index contributed by atoms with van der Waals surface area (Å²) in [5.74, 6) is -4.07. The summed E-state index contributed by atoms with van der Waals surface area (Å²) in [4.78, 5) is 25.7. The minimum atomic E-state index is -0.965. The fourth-order valence-electron chi connectivity index (χ4n) is 3.10. The Kier molecular flexibility index (Phi) is 6.63. The highest BCUT2D eigenvalue weighted by atomic mass is 35.5. The smallest absolute Gasteiger partial charge is 0.294 e. The Bertz CT molecular complexity index is 1040. The van der Waals surface area contributed by atoms with E-state index in [-0.39, 0.29) is 23.8 Å². The van der Waals surface area contributed by atoms with Crippen molar-refractivity contribution in [2.24, 2.45) is 0 Å². The van der Waals surface area contributed by atoms with Crippen molar-refractivity contribution in [3.8, 4) is 0 Å². The van der Waals surface area contributed by atoms with Gasteiger partial charge in [-0.05, 0) is 49.6 Å². The number of amides is 2. The molecule has 0 bridgehead atoms. The molecule has 3 rings (SSSR count). The molecule has 0 saturated heterocycles. The summed E-state index contributed by atoms with van der Waals surface area (Å²) in [5, 5.41) is 13.7. The maximum Gasteiger partial charge on any atom is 0.294 e. The number of benzene rings is 2. The monoisotopic (exact) mass is 454 g/mol. The van der Waals surface area contributed by atoms with Gasteiger partial charge in [0.2, 0.25) is 0 Å². The number of nitrogens with zero attached hydrogens (tertiary/aromatic N) is 1. The number of halogens is 4. The van der Waals surface area contributed by atoms with E-state index >= 15 is 0 Å². The van der Waals surface area contributed by atoms with Crippen molar-refractivity contribution >= 4 is 40.7 Å². The average Bonchev–Trinajstić information content (AvgIpc) is 2.98. The van der Waals surface area contributed by atoms with Crippen LogP contribution in [-0.4, -0.2) is 29.5 Å². The van der Waals surface area contributed by atoms with Gasteiger partial charge in [-0.25, -0.2) is 8.78 Å². The molecule has 0 spiro atoms. The number of carbonyl (C=O) groups is 2. The first-order valence-electron chi connectivity index (χ1n) is 9.11. The molecule has 158 valence electrons. The van der Waals surface area contributed by atoms with Gasteiger partial charge in [-0.3, -0.25) is 14.5 Å². The van der Waals surface area contributed by atoms with Crippen LogP contribution in [-0.2, 0) is 16.0 Å². The largest absolute Gasteiger partial charge is 0.503 e. The molecule has 2 amide bonds. The number of rotatable bonds is 6. The van der Waals surface area contributed by atoms with E-state index in [1.165, 1.54) is 0 Å². The van der Waals surface area contributed by atoms with Crippen LogP contribution in [0.4, 0.5) is 14.5 Å².